The zero-order chi connectivity index (χ0) is 12.9. The second-order valence-corrected chi connectivity index (χ2v) is 5.88. The summed E-state index contributed by atoms with van der Waals surface area (Å²) < 4.78 is 0. The van der Waals surface area contributed by atoms with E-state index in [9.17, 15) is 0 Å². The Kier molecular flexibility index (Phi) is 2.43. The molecule has 3 rings (SSSR count). The first kappa shape index (κ1) is 11.6. The minimum atomic E-state index is 0.00580. The fourth-order valence-electron chi connectivity index (χ4n) is 3.09. The SMILES string of the molecule is Cc1cc(Cl)cc2c1C(C)(C)c1ccccc1N2. The van der Waals surface area contributed by atoms with E-state index in [1.807, 2.05) is 12.1 Å². The molecular formula is C16H16ClN. The van der Waals surface area contributed by atoms with Gasteiger partial charge in [-0.1, -0.05) is 43.6 Å². The average Bonchev–Trinajstić information content (AvgIpc) is 2.27. The van der Waals surface area contributed by atoms with Crippen molar-refractivity contribution >= 4 is 23.0 Å². The number of benzene rings is 2. The van der Waals surface area contributed by atoms with Gasteiger partial charge in [0.1, 0.15) is 0 Å². The van der Waals surface area contributed by atoms with Crippen LogP contribution in [0.1, 0.15) is 30.5 Å². The van der Waals surface area contributed by atoms with Crippen LogP contribution in [0.15, 0.2) is 36.4 Å². The molecule has 2 heteroatoms. The lowest BCUT2D eigenvalue weighted by molar-refractivity contribution is 0.633. The van der Waals surface area contributed by atoms with Crippen molar-refractivity contribution in [1.29, 1.82) is 0 Å². The van der Waals surface area contributed by atoms with E-state index in [2.05, 4.69) is 50.4 Å². The lowest BCUT2D eigenvalue weighted by atomic mass is 9.72. The van der Waals surface area contributed by atoms with Crippen LogP contribution in [0.3, 0.4) is 0 Å². The number of hydrogen-bond acceptors (Lipinski definition) is 1. The lowest BCUT2D eigenvalue weighted by Gasteiger charge is -2.37. The van der Waals surface area contributed by atoms with Crippen LogP contribution in [0.4, 0.5) is 11.4 Å². The largest absolute Gasteiger partial charge is 0.355 e. The number of aryl methyl sites for hydroxylation is 1. The summed E-state index contributed by atoms with van der Waals surface area (Å²) >= 11 is 6.16. The smallest absolute Gasteiger partial charge is 0.0443 e. The van der Waals surface area contributed by atoms with Crippen LogP contribution >= 0.6 is 11.6 Å². The van der Waals surface area contributed by atoms with Gasteiger partial charge in [0.05, 0.1) is 0 Å². The number of hydrogen-bond donors (Lipinski definition) is 1. The Morgan fingerprint density at radius 3 is 2.56 bits per heavy atom. The summed E-state index contributed by atoms with van der Waals surface area (Å²) in [5.41, 5.74) is 6.23. The second-order valence-electron chi connectivity index (χ2n) is 5.44. The summed E-state index contributed by atoms with van der Waals surface area (Å²) in [5, 5.41) is 4.28. The summed E-state index contributed by atoms with van der Waals surface area (Å²) in [4.78, 5) is 0. The molecule has 18 heavy (non-hydrogen) atoms. The Morgan fingerprint density at radius 2 is 1.78 bits per heavy atom. The highest BCUT2D eigenvalue weighted by Gasteiger charge is 2.33. The number of fused-ring (bicyclic) bond motifs is 2. The minimum Gasteiger partial charge on any atom is -0.355 e. The molecule has 92 valence electrons. The molecule has 0 radical (unpaired) electrons. The number of para-hydroxylation sites is 1. The lowest BCUT2D eigenvalue weighted by Crippen LogP contribution is -2.27. The van der Waals surface area contributed by atoms with E-state index >= 15 is 0 Å². The fraction of sp³-hybridized carbons (Fsp3) is 0.250. The quantitative estimate of drug-likeness (QED) is 0.698. The van der Waals surface area contributed by atoms with Crippen molar-refractivity contribution in [1.82, 2.24) is 0 Å². The van der Waals surface area contributed by atoms with Crippen LogP contribution in [0.2, 0.25) is 5.02 Å². The van der Waals surface area contributed by atoms with Gasteiger partial charge in [-0.05, 0) is 41.8 Å². The molecule has 1 N–H and O–H groups in total. The zero-order valence-electron chi connectivity index (χ0n) is 10.8. The third-order valence-corrected chi connectivity index (χ3v) is 4.01. The summed E-state index contributed by atoms with van der Waals surface area (Å²) in [6.45, 7) is 6.67. The molecule has 0 spiro atoms. The van der Waals surface area contributed by atoms with Gasteiger partial charge in [0.2, 0.25) is 0 Å². The number of rotatable bonds is 0. The Morgan fingerprint density at radius 1 is 1.06 bits per heavy atom. The number of anilines is 2. The molecule has 0 saturated carbocycles. The molecule has 2 aromatic carbocycles. The van der Waals surface area contributed by atoms with Gasteiger partial charge >= 0.3 is 0 Å². The third kappa shape index (κ3) is 1.54. The van der Waals surface area contributed by atoms with Crippen LogP contribution in [0.5, 0.6) is 0 Å². The Hall–Kier alpha value is -1.47. The summed E-state index contributed by atoms with van der Waals surface area (Å²) in [6, 6.07) is 12.5. The standard InChI is InChI=1S/C16H16ClN/c1-10-8-11(17)9-14-15(10)16(2,3)12-6-4-5-7-13(12)18-14/h4-9,18H,1-3H3. The summed E-state index contributed by atoms with van der Waals surface area (Å²) in [5.74, 6) is 0. The maximum Gasteiger partial charge on any atom is 0.0443 e. The van der Waals surface area contributed by atoms with Crippen molar-refractivity contribution in [2.45, 2.75) is 26.2 Å². The van der Waals surface area contributed by atoms with Gasteiger partial charge in [-0.15, -0.1) is 0 Å². The molecule has 2 aromatic rings. The highest BCUT2D eigenvalue weighted by atomic mass is 35.5. The Bertz CT molecular complexity index is 629. The van der Waals surface area contributed by atoms with E-state index in [1.165, 1.54) is 22.4 Å². The van der Waals surface area contributed by atoms with Crippen LogP contribution in [0, 0.1) is 6.92 Å². The molecule has 1 nitrogen and oxygen atoms in total. The topological polar surface area (TPSA) is 12.0 Å². The molecule has 0 unspecified atom stereocenters. The molecule has 0 saturated heterocycles. The number of halogens is 1. The van der Waals surface area contributed by atoms with E-state index in [1.54, 1.807) is 0 Å². The average molecular weight is 258 g/mol. The molecule has 0 aromatic heterocycles. The van der Waals surface area contributed by atoms with Crippen LogP contribution < -0.4 is 5.32 Å². The molecular weight excluding hydrogens is 242 g/mol. The Balaban J connectivity index is 2.31. The van der Waals surface area contributed by atoms with Crippen molar-refractivity contribution in [2.75, 3.05) is 5.32 Å². The van der Waals surface area contributed by atoms with Crippen molar-refractivity contribution in [2.24, 2.45) is 0 Å². The van der Waals surface area contributed by atoms with Crippen molar-refractivity contribution in [3.8, 4) is 0 Å². The Labute approximate surface area is 113 Å². The van der Waals surface area contributed by atoms with Crippen LogP contribution in [-0.2, 0) is 5.41 Å². The maximum atomic E-state index is 6.16. The molecule has 0 aliphatic carbocycles. The van der Waals surface area contributed by atoms with Crippen LogP contribution in [-0.4, -0.2) is 0 Å². The highest BCUT2D eigenvalue weighted by molar-refractivity contribution is 6.31. The predicted molar refractivity (Wildman–Crippen MR) is 78.0 cm³/mol. The van der Waals surface area contributed by atoms with Gasteiger partial charge in [0.15, 0.2) is 0 Å². The maximum absolute atomic E-state index is 6.16. The first-order valence-electron chi connectivity index (χ1n) is 6.17. The van der Waals surface area contributed by atoms with E-state index in [0.717, 1.165) is 10.7 Å². The monoisotopic (exact) mass is 257 g/mol. The summed E-state index contributed by atoms with van der Waals surface area (Å²) in [6.07, 6.45) is 0. The summed E-state index contributed by atoms with van der Waals surface area (Å²) in [7, 11) is 0. The van der Waals surface area contributed by atoms with Gasteiger partial charge in [-0.2, -0.15) is 0 Å². The van der Waals surface area contributed by atoms with E-state index in [4.69, 9.17) is 11.6 Å². The third-order valence-electron chi connectivity index (χ3n) is 3.80. The second kappa shape index (κ2) is 3.76. The molecule has 0 fully saturated rings. The molecule has 0 atom stereocenters. The van der Waals surface area contributed by atoms with Crippen molar-refractivity contribution in [3.05, 3.63) is 58.1 Å². The van der Waals surface area contributed by atoms with E-state index in [0.29, 0.717) is 0 Å². The first-order chi connectivity index (χ1) is 8.50. The zero-order valence-corrected chi connectivity index (χ0v) is 11.6. The van der Waals surface area contributed by atoms with Gasteiger partial charge in [-0.3, -0.25) is 0 Å². The normalized spacial score (nSPS) is 15.6. The minimum absolute atomic E-state index is 0.00580. The van der Waals surface area contributed by atoms with Gasteiger partial charge in [0.25, 0.3) is 0 Å². The first-order valence-corrected chi connectivity index (χ1v) is 6.55. The molecule has 1 heterocycles. The van der Waals surface area contributed by atoms with Gasteiger partial charge in [0, 0.05) is 21.8 Å². The van der Waals surface area contributed by atoms with Crippen molar-refractivity contribution in [3.63, 3.8) is 0 Å². The molecule has 1 aliphatic rings. The number of nitrogens with one attached hydrogen (secondary N) is 1. The van der Waals surface area contributed by atoms with Gasteiger partial charge in [-0.25, -0.2) is 0 Å². The molecule has 0 bridgehead atoms. The van der Waals surface area contributed by atoms with E-state index < -0.39 is 0 Å². The van der Waals surface area contributed by atoms with Crippen molar-refractivity contribution < 1.29 is 0 Å². The van der Waals surface area contributed by atoms with E-state index in [-0.39, 0.29) is 5.41 Å². The molecule has 0 amide bonds. The molecule has 1 aliphatic heterocycles. The fourth-order valence-corrected chi connectivity index (χ4v) is 3.36. The van der Waals surface area contributed by atoms with Crippen LogP contribution in [0.25, 0.3) is 0 Å². The highest BCUT2D eigenvalue weighted by Crippen LogP contribution is 2.47. The van der Waals surface area contributed by atoms with Gasteiger partial charge < -0.3 is 5.32 Å². The predicted octanol–water partition coefficient (Wildman–Crippen LogP) is 5.03.